The van der Waals surface area contributed by atoms with E-state index in [1.54, 1.807) is 7.11 Å². The highest BCUT2D eigenvalue weighted by Gasteiger charge is 2.12. The first-order valence-corrected chi connectivity index (χ1v) is 6.56. The molecule has 0 bridgehead atoms. The van der Waals surface area contributed by atoms with Crippen LogP contribution < -0.4 is 10.5 Å². The van der Waals surface area contributed by atoms with Gasteiger partial charge in [-0.3, -0.25) is 0 Å². The van der Waals surface area contributed by atoms with Gasteiger partial charge in [0.15, 0.2) is 0 Å². The van der Waals surface area contributed by atoms with Gasteiger partial charge in [-0.05, 0) is 54.7 Å². The summed E-state index contributed by atoms with van der Waals surface area (Å²) in [6.07, 6.45) is 0.822. The summed E-state index contributed by atoms with van der Waals surface area (Å²) in [6, 6.07) is 14.4. The van der Waals surface area contributed by atoms with Crippen molar-refractivity contribution >= 4 is 0 Å². The molecule has 0 radical (unpaired) electrons. The molecule has 1 unspecified atom stereocenters. The molecule has 0 aromatic heterocycles. The molecule has 100 valence electrons. The Kier molecular flexibility index (Phi) is 4.23. The predicted octanol–water partition coefficient (Wildman–Crippen LogP) is 3.55. The minimum Gasteiger partial charge on any atom is -0.497 e. The zero-order valence-corrected chi connectivity index (χ0v) is 11.8. The van der Waals surface area contributed by atoms with E-state index in [9.17, 15) is 0 Å². The molecule has 2 heteroatoms. The van der Waals surface area contributed by atoms with Gasteiger partial charge in [-0.25, -0.2) is 0 Å². The highest BCUT2D eigenvalue weighted by Crippen LogP contribution is 2.24. The fourth-order valence-electron chi connectivity index (χ4n) is 2.57. The van der Waals surface area contributed by atoms with Crippen LogP contribution in [0.5, 0.6) is 5.75 Å². The van der Waals surface area contributed by atoms with Gasteiger partial charge in [-0.2, -0.15) is 0 Å². The average molecular weight is 255 g/mol. The number of nitrogens with two attached hydrogens (primary N) is 1. The fourth-order valence-corrected chi connectivity index (χ4v) is 2.57. The third-order valence-electron chi connectivity index (χ3n) is 3.50. The standard InChI is InChI=1S/C17H21NO/c1-12-6-4-7-13(2)17(12)16(18)11-14-8-5-9-15(10-14)19-3/h4-10,16H,11,18H2,1-3H3. The molecular weight excluding hydrogens is 234 g/mol. The van der Waals surface area contributed by atoms with Gasteiger partial charge < -0.3 is 10.5 Å². The van der Waals surface area contributed by atoms with Gasteiger partial charge in [-0.15, -0.1) is 0 Å². The van der Waals surface area contributed by atoms with Crippen LogP contribution in [-0.2, 0) is 6.42 Å². The molecular formula is C17H21NO. The first kappa shape index (κ1) is 13.6. The van der Waals surface area contributed by atoms with Crippen LogP contribution >= 0.6 is 0 Å². The van der Waals surface area contributed by atoms with Gasteiger partial charge >= 0.3 is 0 Å². The molecule has 2 nitrogen and oxygen atoms in total. The highest BCUT2D eigenvalue weighted by molar-refractivity contribution is 5.38. The largest absolute Gasteiger partial charge is 0.497 e. The lowest BCUT2D eigenvalue weighted by Gasteiger charge is -2.18. The van der Waals surface area contributed by atoms with Crippen molar-refractivity contribution in [2.45, 2.75) is 26.3 Å². The van der Waals surface area contributed by atoms with Gasteiger partial charge in [0.2, 0.25) is 0 Å². The van der Waals surface area contributed by atoms with Crippen LogP contribution in [0.4, 0.5) is 0 Å². The smallest absolute Gasteiger partial charge is 0.119 e. The van der Waals surface area contributed by atoms with Crippen molar-refractivity contribution in [2.24, 2.45) is 5.73 Å². The molecule has 2 rings (SSSR count). The minimum atomic E-state index is 0.0216. The molecule has 0 aliphatic heterocycles. The predicted molar refractivity (Wildman–Crippen MR) is 79.5 cm³/mol. The number of methoxy groups -OCH3 is 1. The SMILES string of the molecule is COc1cccc(CC(N)c2c(C)cccc2C)c1. The molecule has 0 spiro atoms. The molecule has 2 aromatic rings. The number of hydrogen-bond donors (Lipinski definition) is 1. The second-order valence-corrected chi connectivity index (χ2v) is 4.97. The normalized spacial score (nSPS) is 12.2. The summed E-state index contributed by atoms with van der Waals surface area (Å²) in [5.41, 5.74) is 11.4. The zero-order valence-electron chi connectivity index (χ0n) is 11.8. The van der Waals surface area contributed by atoms with E-state index in [0.717, 1.165) is 12.2 Å². The molecule has 0 amide bonds. The number of aryl methyl sites for hydroxylation is 2. The molecule has 0 saturated heterocycles. The lowest BCUT2D eigenvalue weighted by molar-refractivity contribution is 0.414. The lowest BCUT2D eigenvalue weighted by atomic mass is 9.92. The van der Waals surface area contributed by atoms with Crippen molar-refractivity contribution in [3.8, 4) is 5.75 Å². The van der Waals surface area contributed by atoms with Crippen molar-refractivity contribution in [2.75, 3.05) is 7.11 Å². The van der Waals surface area contributed by atoms with E-state index >= 15 is 0 Å². The van der Waals surface area contributed by atoms with Crippen molar-refractivity contribution in [1.82, 2.24) is 0 Å². The summed E-state index contributed by atoms with van der Waals surface area (Å²) >= 11 is 0. The van der Waals surface area contributed by atoms with Crippen LogP contribution in [0, 0.1) is 13.8 Å². The molecule has 0 fully saturated rings. The van der Waals surface area contributed by atoms with E-state index in [4.69, 9.17) is 10.5 Å². The van der Waals surface area contributed by atoms with Crippen molar-refractivity contribution in [3.05, 3.63) is 64.7 Å². The van der Waals surface area contributed by atoms with E-state index in [-0.39, 0.29) is 6.04 Å². The van der Waals surface area contributed by atoms with Gasteiger partial charge in [0, 0.05) is 6.04 Å². The monoisotopic (exact) mass is 255 g/mol. The first-order valence-electron chi connectivity index (χ1n) is 6.56. The summed E-state index contributed by atoms with van der Waals surface area (Å²) in [4.78, 5) is 0. The van der Waals surface area contributed by atoms with Crippen molar-refractivity contribution < 1.29 is 4.74 Å². The van der Waals surface area contributed by atoms with Crippen LogP contribution in [0.2, 0.25) is 0 Å². The van der Waals surface area contributed by atoms with Crippen molar-refractivity contribution in [1.29, 1.82) is 0 Å². The molecule has 1 atom stereocenters. The second kappa shape index (κ2) is 5.89. The third-order valence-corrected chi connectivity index (χ3v) is 3.50. The van der Waals surface area contributed by atoms with Crippen LogP contribution in [0.25, 0.3) is 0 Å². The van der Waals surface area contributed by atoms with Crippen LogP contribution in [-0.4, -0.2) is 7.11 Å². The molecule has 0 saturated carbocycles. The topological polar surface area (TPSA) is 35.2 Å². The molecule has 2 N–H and O–H groups in total. The van der Waals surface area contributed by atoms with Crippen LogP contribution in [0.3, 0.4) is 0 Å². The number of benzene rings is 2. The molecule has 19 heavy (non-hydrogen) atoms. The molecule has 2 aromatic carbocycles. The maximum Gasteiger partial charge on any atom is 0.119 e. The van der Waals surface area contributed by atoms with Crippen LogP contribution in [0.1, 0.15) is 28.3 Å². The first-order chi connectivity index (χ1) is 9.11. The summed E-state index contributed by atoms with van der Waals surface area (Å²) in [7, 11) is 1.69. The van der Waals surface area contributed by atoms with E-state index in [1.807, 2.05) is 18.2 Å². The van der Waals surface area contributed by atoms with Gasteiger partial charge in [0.25, 0.3) is 0 Å². The zero-order chi connectivity index (χ0) is 13.8. The number of ether oxygens (including phenoxy) is 1. The van der Waals surface area contributed by atoms with E-state index in [1.165, 1.54) is 22.3 Å². The summed E-state index contributed by atoms with van der Waals surface area (Å²) in [5, 5.41) is 0. The second-order valence-electron chi connectivity index (χ2n) is 4.97. The molecule has 0 aliphatic carbocycles. The Morgan fingerprint density at radius 3 is 2.32 bits per heavy atom. The molecule has 0 heterocycles. The Bertz CT molecular complexity index is 543. The Labute approximate surface area is 115 Å². The summed E-state index contributed by atoms with van der Waals surface area (Å²) in [6.45, 7) is 4.24. The maximum atomic E-state index is 6.38. The summed E-state index contributed by atoms with van der Waals surface area (Å²) < 4.78 is 5.25. The Morgan fingerprint density at radius 2 is 1.68 bits per heavy atom. The fraction of sp³-hybridized carbons (Fsp3) is 0.294. The minimum absolute atomic E-state index is 0.0216. The number of rotatable bonds is 4. The van der Waals surface area contributed by atoms with Crippen molar-refractivity contribution in [3.63, 3.8) is 0 Å². The van der Waals surface area contributed by atoms with E-state index in [0.29, 0.717) is 0 Å². The van der Waals surface area contributed by atoms with Crippen LogP contribution in [0.15, 0.2) is 42.5 Å². The average Bonchev–Trinajstić information content (AvgIpc) is 2.38. The maximum absolute atomic E-state index is 6.38. The van der Waals surface area contributed by atoms with E-state index in [2.05, 4.69) is 38.1 Å². The lowest BCUT2D eigenvalue weighted by Crippen LogP contribution is -2.16. The highest BCUT2D eigenvalue weighted by atomic mass is 16.5. The molecule has 0 aliphatic rings. The Balaban J connectivity index is 2.23. The Morgan fingerprint density at radius 1 is 1.05 bits per heavy atom. The third kappa shape index (κ3) is 3.15. The van der Waals surface area contributed by atoms with Gasteiger partial charge in [0.1, 0.15) is 5.75 Å². The van der Waals surface area contributed by atoms with E-state index < -0.39 is 0 Å². The summed E-state index contributed by atoms with van der Waals surface area (Å²) in [5.74, 6) is 0.881. The Hall–Kier alpha value is -1.80. The van der Waals surface area contributed by atoms with Gasteiger partial charge in [-0.1, -0.05) is 30.3 Å². The quantitative estimate of drug-likeness (QED) is 0.906. The van der Waals surface area contributed by atoms with Gasteiger partial charge in [0.05, 0.1) is 7.11 Å². The number of hydrogen-bond acceptors (Lipinski definition) is 2.